The van der Waals surface area contributed by atoms with Crippen LogP contribution in [0.1, 0.15) is 20.8 Å². The van der Waals surface area contributed by atoms with Gasteiger partial charge >= 0.3 is 18.0 Å². The molecule has 10 heteroatoms. The lowest BCUT2D eigenvalue weighted by Crippen LogP contribution is -2.67. The van der Waals surface area contributed by atoms with E-state index in [1.807, 2.05) is 0 Å². The number of carbonyl (C=O) groups excluding carboxylic acids is 1. The van der Waals surface area contributed by atoms with Crippen molar-refractivity contribution in [3.05, 3.63) is 0 Å². The summed E-state index contributed by atoms with van der Waals surface area (Å²) in [6, 6.07) is 0. The third kappa shape index (κ3) is 4.78. The van der Waals surface area contributed by atoms with Crippen LogP contribution in [-0.4, -0.2) is 86.3 Å². The minimum atomic E-state index is -1.81. The fourth-order valence-corrected chi connectivity index (χ4v) is 1.69. The first kappa shape index (κ1) is 19.1. The summed E-state index contributed by atoms with van der Waals surface area (Å²) >= 11 is 0. The molecule has 2 heterocycles. The number of carboxylic acids is 2. The highest BCUT2D eigenvalue weighted by atomic mass is 16.6. The number of likely N-dealkylation sites (tertiary alicyclic amines) is 1. The summed E-state index contributed by atoms with van der Waals surface area (Å²) in [7, 11) is 0. The number of β-amino-alcohol motifs (C(OH)–C–C–N with tert-alkyl or cyclic N) is 2. The molecule has 2 fully saturated rings. The van der Waals surface area contributed by atoms with Crippen LogP contribution in [0.5, 0.6) is 0 Å². The molecular weight excluding hydrogens is 312 g/mol. The van der Waals surface area contributed by atoms with Crippen LogP contribution >= 0.6 is 0 Å². The van der Waals surface area contributed by atoms with Gasteiger partial charge in [-0.3, -0.25) is 0 Å². The molecule has 0 aromatic heterocycles. The molecule has 0 aromatic carbocycles. The Labute approximate surface area is 132 Å². The lowest BCUT2D eigenvalue weighted by Gasteiger charge is -2.43. The van der Waals surface area contributed by atoms with Gasteiger partial charge in [0.15, 0.2) is 11.2 Å². The summed E-state index contributed by atoms with van der Waals surface area (Å²) in [4.78, 5) is 33.0. The Morgan fingerprint density at radius 1 is 1.00 bits per heavy atom. The van der Waals surface area contributed by atoms with E-state index >= 15 is 0 Å². The highest BCUT2D eigenvalue weighted by molar-refractivity contribution is 5.82. The summed E-state index contributed by atoms with van der Waals surface area (Å²) < 4.78 is 5.00. The van der Waals surface area contributed by atoms with Gasteiger partial charge in [-0.25, -0.2) is 14.4 Å². The van der Waals surface area contributed by atoms with Crippen molar-refractivity contribution in [2.45, 2.75) is 37.6 Å². The van der Waals surface area contributed by atoms with E-state index in [-0.39, 0.29) is 26.2 Å². The Balaban J connectivity index is 0.000000277. The van der Waals surface area contributed by atoms with Crippen molar-refractivity contribution in [2.24, 2.45) is 0 Å². The molecule has 0 aliphatic carbocycles. The minimum absolute atomic E-state index is 0.169. The second kappa shape index (κ2) is 6.30. The van der Waals surface area contributed by atoms with Crippen molar-refractivity contribution in [3.63, 3.8) is 0 Å². The zero-order valence-corrected chi connectivity index (χ0v) is 13.2. The molecule has 1 amide bonds. The molecule has 0 saturated carbocycles. The molecule has 0 bridgehead atoms. The van der Waals surface area contributed by atoms with E-state index < -0.39 is 34.8 Å². The lowest BCUT2D eigenvalue weighted by atomic mass is 9.95. The number of rotatable bonds is 2. The molecule has 10 nitrogen and oxygen atoms in total. The molecule has 2 rings (SSSR count). The number of aliphatic hydroxyl groups is 2. The molecule has 132 valence electrons. The number of amides is 1. The summed E-state index contributed by atoms with van der Waals surface area (Å²) in [6.45, 7) is 5.04. The Morgan fingerprint density at radius 3 is 1.65 bits per heavy atom. The van der Waals surface area contributed by atoms with Crippen molar-refractivity contribution < 1.29 is 39.5 Å². The average Bonchev–Trinajstić information content (AvgIpc) is 2.29. The van der Waals surface area contributed by atoms with E-state index in [2.05, 4.69) is 5.32 Å². The van der Waals surface area contributed by atoms with E-state index in [0.29, 0.717) is 0 Å². The van der Waals surface area contributed by atoms with E-state index in [1.54, 1.807) is 20.8 Å². The van der Waals surface area contributed by atoms with Gasteiger partial charge in [-0.15, -0.1) is 0 Å². The molecule has 0 unspecified atom stereocenters. The standard InChI is InChI=1S/C9H15NO5.C4H7NO3/c1-8(2,3)15-7(13)10-4-9(14,5-10)6(11)12;6-3(7)4(8)1-5-2-4/h14H,4-5H2,1-3H3,(H,11,12);5,8H,1-2H2,(H,6,7). The van der Waals surface area contributed by atoms with Gasteiger partial charge in [0.1, 0.15) is 5.60 Å². The molecule has 5 N–H and O–H groups in total. The van der Waals surface area contributed by atoms with Crippen LogP contribution in [0.3, 0.4) is 0 Å². The number of hydrogen-bond acceptors (Lipinski definition) is 7. The van der Waals surface area contributed by atoms with Crippen molar-refractivity contribution in [2.75, 3.05) is 26.2 Å². The van der Waals surface area contributed by atoms with Crippen molar-refractivity contribution in [1.82, 2.24) is 10.2 Å². The predicted octanol–water partition coefficient (Wildman–Crippen LogP) is -1.54. The second-order valence-electron chi connectivity index (χ2n) is 6.61. The lowest BCUT2D eigenvalue weighted by molar-refractivity contribution is -0.175. The van der Waals surface area contributed by atoms with Crippen LogP contribution in [0.25, 0.3) is 0 Å². The quantitative estimate of drug-likeness (QED) is 0.403. The van der Waals surface area contributed by atoms with Gasteiger partial charge in [0.2, 0.25) is 0 Å². The number of ether oxygens (including phenoxy) is 1. The van der Waals surface area contributed by atoms with Gasteiger partial charge in [0.25, 0.3) is 0 Å². The van der Waals surface area contributed by atoms with Crippen LogP contribution in [0.4, 0.5) is 4.79 Å². The van der Waals surface area contributed by atoms with Crippen LogP contribution in [0.2, 0.25) is 0 Å². The topological polar surface area (TPSA) is 157 Å². The predicted molar refractivity (Wildman–Crippen MR) is 75.8 cm³/mol. The Bertz CT molecular complexity index is 489. The Morgan fingerprint density at radius 2 is 1.43 bits per heavy atom. The summed E-state index contributed by atoms with van der Waals surface area (Å²) in [6.07, 6.45) is -0.603. The molecule has 23 heavy (non-hydrogen) atoms. The molecule has 0 radical (unpaired) electrons. The minimum Gasteiger partial charge on any atom is -0.479 e. The third-order valence-electron chi connectivity index (χ3n) is 3.19. The smallest absolute Gasteiger partial charge is 0.410 e. The second-order valence-corrected chi connectivity index (χ2v) is 6.61. The fourth-order valence-electron chi connectivity index (χ4n) is 1.69. The monoisotopic (exact) mass is 334 g/mol. The number of carbonyl (C=O) groups is 3. The van der Waals surface area contributed by atoms with Crippen molar-refractivity contribution >= 4 is 18.0 Å². The first-order chi connectivity index (χ1) is 10.3. The molecule has 2 aliphatic rings. The number of aliphatic carboxylic acids is 2. The van der Waals surface area contributed by atoms with E-state index in [4.69, 9.17) is 20.1 Å². The van der Waals surface area contributed by atoms with Gasteiger partial charge in [0, 0.05) is 13.1 Å². The van der Waals surface area contributed by atoms with Crippen LogP contribution in [-0.2, 0) is 14.3 Å². The Kier molecular flexibility index (Phi) is 5.24. The van der Waals surface area contributed by atoms with Crippen LogP contribution in [0.15, 0.2) is 0 Å². The highest BCUT2D eigenvalue weighted by Crippen LogP contribution is 2.23. The van der Waals surface area contributed by atoms with Gasteiger partial charge in [-0.05, 0) is 20.8 Å². The molecule has 2 aliphatic heterocycles. The maximum atomic E-state index is 11.4. The number of hydrogen-bond donors (Lipinski definition) is 5. The molecule has 0 atom stereocenters. The zero-order chi connectivity index (χ0) is 18.1. The molecule has 2 saturated heterocycles. The maximum Gasteiger partial charge on any atom is 0.410 e. The van der Waals surface area contributed by atoms with Gasteiger partial charge in [-0.1, -0.05) is 0 Å². The summed E-state index contributed by atoms with van der Waals surface area (Å²) in [5.41, 5.74) is -3.90. The van der Waals surface area contributed by atoms with Crippen LogP contribution in [0, 0.1) is 0 Å². The van der Waals surface area contributed by atoms with Gasteiger partial charge < -0.3 is 35.4 Å². The number of nitrogens with zero attached hydrogens (tertiary/aromatic N) is 1. The Hall–Kier alpha value is -1.91. The molecule has 0 aromatic rings. The SMILES string of the molecule is CC(C)(C)OC(=O)N1CC(O)(C(=O)O)C1.O=C(O)C1(O)CNC1. The summed E-state index contributed by atoms with van der Waals surface area (Å²) in [5, 5.41) is 37.6. The summed E-state index contributed by atoms with van der Waals surface area (Å²) in [5.74, 6) is -2.46. The number of carboxylic acid groups (broad SMARTS) is 2. The van der Waals surface area contributed by atoms with Crippen molar-refractivity contribution in [3.8, 4) is 0 Å². The van der Waals surface area contributed by atoms with Crippen molar-refractivity contribution in [1.29, 1.82) is 0 Å². The van der Waals surface area contributed by atoms with E-state index in [9.17, 15) is 19.5 Å². The van der Waals surface area contributed by atoms with Gasteiger partial charge in [-0.2, -0.15) is 0 Å². The third-order valence-corrected chi connectivity index (χ3v) is 3.19. The largest absolute Gasteiger partial charge is 0.479 e. The van der Waals surface area contributed by atoms with E-state index in [0.717, 1.165) is 4.90 Å². The first-order valence-electron chi connectivity index (χ1n) is 6.89. The first-order valence-corrected chi connectivity index (χ1v) is 6.89. The molecule has 0 spiro atoms. The fraction of sp³-hybridized carbons (Fsp3) is 0.769. The maximum absolute atomic E-state index is 11.4. The number of nitrogens with one attached hydrogen (secondary N) is 1. The average molecular weight is 334 g/mol. The van der Waals surface area contributed by atoms with E-state index in [1.165, 1.54) is 0 Å². The van der Waals surface area contributed by atoms with Gasteiger partial charge in [0.05, 0.1) is 13.1 Å². The highest BCUT2D eigenvalue weighted by Gasteiger charge is 2.51. The normalized spacial score (nSPS) is 21.0. The van der Waals surface area contributed by atoms with Crippen LogP contribution < -0.4 is 5.32 Å². The zero-order valence-electron chi connectivity index (χ0n) is 13.2. The molecular formula is C13H22N2O8.